The molecule has 27 heavy (non-hydrogen) atoms. The standard InChI is InChI=1S/C20H26FN3O3/c1-13(2)16-12-23(19(27)20(8-9-20)18(22)26)10-7-17(25)24(16)11-14-3-5-15(21)6-4-14/h3-6,13,16H,7-12H2,1-2H3,(H2,22,26)/t16-/m0/s1. The van der Waals surface area contributed by atoms with E-state index in [9.17, 15) is 18.8 Å². The van der Waals surface area contributed by atoms with Crippen LogP contribution in [-0.4, -0.2) is 46.7 Å². The third-order valence-corrected chi connectivity index (χ3v) is 5.68. The van der Waals surface area contributed by atoms with E-state index in [1.54, 1.807) is 21.9 Å². The Kier molecular flexibility index (Phi) is 5.22. The largest absolute Gasteiger partial charge is 0.369 e. The number of carbonyl (C=O) groups excluding carboxylic acids is 3. The van der Waals surface area contributed by atoms with Gasteiger partial charge >= 0.3 is 0 Å². The van der Waals surface area contributed by atoms with Gasteiger partial charge in [-0.3, -0.25) is 14.4 Å². The quantitative estimate of drug-likeness (QED) is 0.795. The highest BCUT2D eigenvalue weighted by Gasteiger charge is 2.57. The molecule has 1 heterocycles. The van der Waals surface area contributed by atoms with Crippen LogP contribution in [0.2, 0.25) is 0 Å². The number of primary amides is 1. The number of rotatable bonds is 5. The van der Waals surface area contributed by atoms with Crippen LogP contribution in [0.1, 0.15) is 38.7 Å². The number of carbonyl (C=O) groups is 3. The Balaban J connectivity index is 1.81. The smallest absolute Gasteiger partial charge is 0.238 e. The van der Waals surface area contributed by atoms with Crippen LogP contribution in [-0.2, 0) is 20.9 Å². The van der Waals surface area contributed by atoms with Crippen LogP contribution in [0.25, 0.3) is 0 Å². The minimum absolute atomic E-state index is 0.0442. The Morgan fingerprint density at radius 2 is 1.89 bits per heavy atom. The van der Waals surface area contributed by atoms with Crippen molar-refractivity contribution in [2.75, 3.05) is 13.1 Å². The molecule has 1 aromatic rings. The van der Waals surface area contributed by atoms with Crippen molar-refractivity contribution in [1.29, 1.82) is 0 Å². The number of benzene rings is 1. The Labute approximate surface area is 158 Å². The fourth-order valence-electron chi connectivity index (χ4n) is 3.72. The highest BCUT2D eigenvalue weighted by molar-refractivity contribution is 6.07. The van der Waals surface area contributed by atoms with E-state index in [-0.39, 0.29) is 42.6 Å². The summed E-state index contributed by atoms with van der Waals surface area (Å²) in [5.74, 6) is -1.08. The average molecular weight is 375 g/mol. The van der Waals surface area contributed by atoms with E-state index in [1.807, 2.05) is 13.8 Å². The molecule has 1 aliphatic heterocycles. The summed E-state index contributed by atoms with van der Waals surface area (Å²) in [6, 6.07) is 5.90. The highest BCUT2D eigenvalue weighted by atomic mass is 19.1. The third kappa shape index (κ3) is 3.82. The van der Waals surface area contributed by atoms with E-state index < -0.39 is 11.3 Å². The summed E-state index contributed by atoms with van der Waals surface area (Å²) >= 11 is 0. The molecule has 1 aromatic carbocycles. The van der Waals surface area contributed by atoms with E-state index in [0.717, 1.165) is 5.56 Å². The summed E-state index contributed by atoms with van der Waals surface area (Å²) in [7, 11) is 0. The Morgan fingerprint density at radius 3 is 2.41 bits per heavy atom. The van der Waals surface area contributed by atoms with Gasteiger partial charge in [-0.2, -0.15) is 0 Å². The van der Waals surface area contributed by atoms with Gasteiger partial charge in [-0.15, -0.1) is 0 Å². The SMILES string of the molecule is CC(C)[C@@H]1CN(C(=O)C2(C(N)=O)CC2)CCC(=O)N1Cc1ccc(F)cc1. The molecule has 1 aliphatic carbocycles. The first kappa shape index (κ1) is 19.3. The molecule has 0 unspecified atom stereocenters. The van der Waals surface area contributed by atoms with Gasteiger partial charge in [-0.05, 0) is 36.5 Å². The molecule has 2 N–H and O–H groups in total. The van der Waals surface area contributed by atoms with Crippen molar-refractivity contribution in [1.82, 2.24) is 9.80 Å². The van der Waals surface area contributed by atoms with Crippen molar-refractivity contribution in [3.63, 3.8) is 0 Å². The van der Waals surface area contributed by atoms with Crippen molar-refractivity contribution in [2.24, 2.45) is 17.1 Å². The Bertz CT molecular complexity index is 743. The van der Waals surface area contributed by atoms with Gasteiger partial charge in [0.25, 0.3) is 0 Å². The lowest BCUT2D eigenvalue weighted by Crippen LogP contribution is -2.50. The second kappa shape index (κ2) is 7.29. The van der Waals surface area contributed by atoms with E-state index in [2.05, 4.69) is 0 Å². The molecule has 1 saturated heterocycles. The minimum Gasteiger partial charge on any atom is -0.369 e. The first-order chi connectivity index (χ1) is 12.7. The summed E-state index contributed by atoms with van der Waals surface area (Å²) in [6.07, 6.45) is 1.17. The maximum atomic E-state index is 13.2. The Morgan fingerprint density at radius 1 is 1.26 bits per heavy atom. The number of hydrogen-bond acceptors (Lipinski definition) is 3. The monoisotopic (exact) mass is 375 g/mol. The van der Waals surface area contributed by atoms with Gasteiger partial charge in [0.2, 0.25) is 17.7 Å². The molecule has 0 radical (unpaired) electrons. The lowest BCUT2D eigenvalue weighted by atomic mass is 9.99. The predicted molar refractivity (Wildman–Crippen MR) is 97.6 cm³/mol. The summed E-state index contributed by atoms with van der Waals surface area (Å²) in [4.78, 5) is 40.8. The normalized spacial score (nSPS) is 21.9. The number of hydrogen-bond donors (Lipinski definition) is 1. The number of nitrogens with two attached hydrogens (primary N) is 1. The lowest BCUT2D eigenvalue weighted by molar-refractivity contribution is -0.143. The van der Waals surface area contributed by atoms with Gasteiger partial charge in [0.1, 0.15) is 11.2 Å². The van der Waals surface area contributed by atoms with Crippen LogP contribution in [0, 0.1) is 17.2 Å². The molecule has 146 valence electrons. The van der Waals surface area contributed by atoms with Crippen LogP contribution in [0.5, 0.6) is 0 Å². The van der Waals surface area contributed by atoms with Crippen molar-refractivity contribution in [3.05, 3.63) is 35.6 Å². The lowest BCUT2D eigenvalue weighted by Gasteiger charge is -2.35. The molecule has 1 saturated carbocycles. The van der Waals surface area contributed by atoms with E-state index in [4.69, 9.17) is 5.73 Å². The van der Waals surface area contributed by atoms with E-state index in [0.29, 0.717) is 25.9 Å². The molecule has 2 fully saturated rings. The third-order valence-electron chi connectivity index (χ3n) is 5.68. The van der Waals surface area contributed by atoms with Crippen molar-refractivity contribution in [3.8, 4) is 0 Å². The zero-order valence-corrected chi connectivity index (χ0v) is 15.8. The highest BCUT2D eigenvalue weighted by Crippen LogP contribution is 2.47. The van der Waals surface area contributed by atoms with E-state index >= 15 is 0 Å². The molecule has 3 amide bonds. The molecule has 6 nitrogen and oxygen atoms in total. The Hall–Kier alpha value is -2.44. The van der Waals surface area contributed by atoms with Crippen LogP contribution < -0.4 is 5.73 Å². The van der Waals surface area contributed by atoms with Crippen molar-refractivity contribution in [2.45, 2.75) is 45.7 Å². The molecular weight excluding hydrogens is 349 g/mol. The van der Waals surface area contributed by atoms with Crippen LogP contribution in [0.3, 0.4) is 0 Å². The van der Waals surface area contributed by atoms with Gasteiger partial charge in [-0.25, -0.2) is 4.39 Å². The molecule has 3 rings (SSSR count). The molecule has 2 aliphatic rings. The first-order valence-electron chi connectivity index (χ1n) is 9.38. The molecule has 7 heteroatoms. The van der Waals surface area contributed by atoms with Crippen molar-refractivity contribution < 1.29 is 18.8 Å². The van der Waals surface area contributed by atoms with Crippen LogP contribution >= 0.6 is 0 Å². The average Bonchev–Trinajstić information content (AvgIpc) is 3.43. The first-order valence-corrected chi connectivity index (χ1v) is 9.38. The zero-order valence-electron chi connectivity index (χ0n) is 15.8. The maximum Gasteiger partial charge on any atom is 0.238 e. The second-order valence-corrected chi connectivity index (χ2v) is 7.91. The molecular formula is C20H26FN3O3. The fourth-order valence-corrected chi connectivity index (χ4v) is 3.72. The van der Waals surface area contributed by atoms with E-state index in [1.165, 1.54) is 12.1 Å². The fraction of sp³-hybridized carbons (Fsp3) is 0.550. The summed E-state index contributed by atoms with van der Waals surface area (Å²) < 4.78 is 13.2. The van der Waals surface area contributed by atoms with Gasteiger partial charge in [0.05, 0.1) is 6.04 Å². The topological polar surface area (TPSA) is 83.7 Å². The van der Waals surface area contributed by atoms with Crippen LogP contribution in [0.4, 0.5) is 4.39 Å². The van der Waals surface area contributed by atoms with Gasteiger partial charge < -0.3 is 15.5 Å². The molecule has 0 spiro atoms. The van der Waals surface area contributed by atoms with Gasteiger partial charge in [-0.1, -0.05) is 26.0 Å². The second-order valence-electron chi connectivity index (χ2n) is 7.91. The number of amides is 3. The van der Waals surface area contributed by atoms with Crippen LogP contribution in [0.15, 0.2) is 24.3 Å². The maximum absolute atomic E-state index is 13.2. The van der Waals surface area contributed by atoms with Gasteiger partial charge in [0, 0.05) is 26.1 Å². The number of nitrogens with zero attached hydrogens (tertiary/aromatic N) is 2. The minimum atomic E-state index is -1.07. The molecule has 1 atom stereocenters. The predicted octanol–water partition coefficient (Wildman–Crippen LogP) is 1.68. The molecule has 0 bridgehead atoms. The number of halogens is 1. The summed E-state index contributed by atoms with van der Waals surface area (Å²) in [5.41, 5.74) is 5.21. The zero-order chi connectivity index (χ0) is 19.8. The van der Waals surface area contributed by atoms with Gasteiger partial charge in [0.15, 0.2) is 0 Å². The molecule has 0 aromatic heterocycles. The summed E-state index contributed by atoms with van der Waals surface area (Å²) in [5, 5.41) is 0. The van der Waals surface area contributed by atoms with Crippen molar-refractivity contribution >= 4 is 17.7 Å². The summed E-state index contributed by atoms with van der Waals surface area (Å²) in [6.45, 7) is 5.04.